The molecule has 14 heavy (non-hydrogen) atoms. The molecule has 0 saturated heterocycles. The summed E-state index contributed by atoms with van der Waals surface area (Å²) in [6.07, 6.45) is 2.56. The lowest BCUT2D eigenvalue weighted by Crippen LogP contribution is -1.97. The van der Waals surface area contributed by atoms with Gasteiger partial charge in [0, 0.05) is 11.1 Å². The largest absolute Gasteiger partial charge is 0.399 e. The fourth-order valence-electron chi connectivity index (χ4n) is 1.60. The molecule has 3 heteroatoms. The number of hydrogen-bond acceptors (Lipinski definition) is 3. The van der Waals surface area contributed by atoms with Crippen LogP contribution in [0.15, 0.2) is 18.2 Å². The third kappa shape index (κ3) is 1.12. The van der Waals surface area contributed by atoms with Crippen LogP contribution in [0, 0.1) is 0 Å². The van der Waals surface area contributed by atoms with Crippen molar-refractivity contribution in [2.75, 3.05) is 5.73 Å². The number of aromatic nitrogens is 1. The van der Waals surface area contributed by atoms with Crippen LogP contribution in [0.3, 0.4) is 0 Å². The molecule has 0 bridgehead atoms. The Morgan fingerprint density at radius 2 is 2.21 bits per heavy atom. The Labute approximate surface area is 86.8 Å². The van der Waals surface area contributed by atoms with E-state index in [1.807, 2.05) is 18.2 Å². The minimum Gasteiger partial charge on any atom is -0.399 e. The molecule has 3 rings (SSSR count). The van der Waals surface area contributed by atoms with Gasteiger partial charge in [0.05, 0.1) is 15.2 Å². The second-order valence-electron chi connectivity index (χ2n) is 4.31. The molecule has 0 aliphatic heterocycles. The molecule has 1 aromatic carbocycles. The van der Waals surface area contributed by atoms with Gasteiger partial charge >= 0.3 is 0 Å². The van der Waals surface area contributed by atoms with Gasteiger partial charge in [-0.15, -0.1) is 11.3 Å². The van der Waals surface area contributed by atoms with E-state index in [-0.39, 0.29) is 0 Å². The molecule has 1 heterocycles. The average molecular weight is 204 g/mol. The molecule has 1 aromatic heterocycles. The standard InChI is InChI=1S/C11H12N2S/c1-11(4-5-11)10-13-8-3-2-7(12)6-9(8)14-10/h2-3,6H,4-5,12H2,1H3. The first kappa shape index (κ1) is 8.24. The molecule has 0 unspecified atom stereocenters. The van der Waals surface area contributed by atoms with Crippen molar-refractivity contribution in [3.63, 3.8) is 0 Å². The number of nitrogen functional groups attached to an aromatic ring is 1. The van der Waals surface area contributed by atoms with Crippen molar-refractivity contribution in [2.24, 2.45) is 0 Å². The Morgan fingerprint density at radius 3 is 2.93 bits per heavy atom. The summed E-state index contributed by atoms with van der Waals surface area (Å²) in [7, 11) is 0. The zero-order chi connectivity index (χ0) is 9.76. The fraction of sp³-hybridized carbons (Fsp3) is 0.364. The number of benzene rings is 1. The first-order valence-electron chi connectivity index (χ1n) is 4.84. The summed E-state index contributed by atoms with van der Waals surface area (Å²) in [6.45, 7) is 2.29. The molecule has 0 spiro atoms. The maximum absolute atomic E-state index is 5.74. The number of hydrogen-bond donors (Lipinski definition) is 1. The zero-order valence-electron chi connectivity index (χ0n) is 8.08. The van der Waals surface area contributed by atoms with Crippen molar-refractivity contribution in [1.29, 1.82) is 0 Å². The van der Waals surface area contributed by atoms with Crippen LogP contribution >= 0.6 is 11.3 Å². The van der Waals surface area contributed by atoms with Crippen molar-refractivity contribution in [1.82, 2.24) is 4.98 Å². The third-order valence-electron chi connectivity index (χ3n) is 2.93. The summed E-state index contributed by atoms with van der Waals surface area (Å²) >= 11 is 1.79. The highest BCUT2D eigenvalue weighted by Gasteiger charge is 2.41. The van der Waals surface area contributed by atoms with Crippen molar-refractivity contribution in [3.05, 3.63) is 23.2 Å². The van der Waals surface area contributed by atoms with E-state index >= 15 is 0 Å². The smallest absolute Gasteiger partial charge is 0.0997 e. The van der Waals surface area contributed by atoms with E-state index in [4.69, 9.17) is 5.73 Å². The van der Waals surface area contributed by atoms with E-state index in [1.54, 1.807) is 11.3 Å². The van der Waals surface area contributed by atoms with Gasteiger partial charge < -0.3 is 5.73 Å². The van der Waals surface area contributed by atoms with Crippen LogP contribution in [0.2, 0.25) is 0 Å². The van der Waals surface area contributed by atoms with Crippen molar-refractivity contribution in [3.8, 4) is 0 Å². The van der Waals surface area contributed by atoms with Gasteiger partial charge in [-0.3, -0.25) is 0 Å². The van der Waals surface area contributed by atoms with Crippen LogP contribution in [-0.4, -0.2) is 4.98 Å². The molecule has 0 amide bonds. The number of nitrogens with zero attached hydrogens (tertiary/aromatic N) is 1. The van der Waals surface area contributed by atoms with Crippen molar-refractivity contribution in [2.45, 2.75) is 25.2 Å². The number of rotatable bonds is 1. The lowest BCUT2D eigenvalue weighted by atomic mass is 10.2. The number of anilines is 1. The maximum atomic E-state index is 5.74. The van der Waals surface area contributed by atoms with Crippen LogP contribution in [-0.2, 0) is 5.41 Å². The Balaban J connectivity index is 2.20. The van der Waals surface area contributed by atoms with E-state index in [0.717, 1.165) is 11.2 Å². The highest BCUT2D eigenvalue weighted by atomic mass is 32.1. The molecule has 1 aliphatic carbocycles. The van der Waals surface area contributed by atoms with E-state index in [9.17, 15) is 0 Å². The molecular formula is C11H12N2S. The van der Waals surface area contributed by atoms with Crippen LogP contribution < -0.4 is 5.73 Å². The topological polar surface area (TPSA) is 38.9 Å². The maximum Gasteiger partial charge on any atom is 0.0997 e. The first-order valence-corrected chi connectivity index (χ1v) is 5.66. The normalized spacial score (nSPS) is 18.6. The lowest BCUT2D eigenvalue weighted by Gasteiger charge is -1.99. The van der Waals surface area contributed by atoms with Crippen molar-refractivity contribution < 1.29 is 0 Å². The van der Waals surface area contributed by atoms with Crippen LogP contribution in [0.4, 0.5) is 5.69 Å². The third-order valence-corrected chi connectivity index (χ3v) is 4.25. The Bertz CT molecular complexity index is 497. The molecule has 0 radical (unpaired) electrons. The van der Waals surface area contributed by atoms with E-state index in [1.165, 1.54) is 22.5 Å². The summed E-state index contributed by atoms with van der Waals surface area (Å²) in [4.78, 5) is 4.65. The van der Waals surface area contributed by atoms with Crippen molar-refractivity contribution >= 4 is 27.2 Å². The number of nitrogens with two attached hydrogens (primary N) is 1. The SMILES string of the molecule is CC1(c2nc3ccc(N)cc3s2)CC1. The quantitative estimate of drug-likeness (QED) is 0.725. The average Bonchev–Trinajstić information content (AvgIpc) is 2.77. The summed E-state index contributed by atoms with van der Waals surface area (Å²) in [5, 5.41) is 1.28. The zero-order valence-corrected chi connectivity index (χ0v) is 8.90. The van der Waals surface area contributed by atoms with Crippen LogP contribution in [0.25, 0.3) is 10.2 Å². The molecule has 1 saturated carbocycles. The molecule has 0 atom stereocenters. The molecular weight excluding hydrogens is 192 g/mol. The molecule has 1 fully saturated rings. The van der Waals surface area contributed by atoms with Gasteiger partial charge in [0.15, 0.2) is 0 Å². The van der Waals surface area contributed by atoms with Gasteiger partial charge in [-0.25, -0.2) is 4.98 Å². The second kappa shape index (κ2) is 2.48. The molecule has 1 aliphatic rings. The lowest BCUT2D eigenvalue weighted by molar-refractivity contribution is 0.780. The molecule has 2 N–H and O–H groups in total. The summed E-state index contributed by atoms with van der Waals surface area (Å²) in [5.74, 6) is 0. The molecule has 2 nitrogen and oxygen atoms in total. The summed E-state index contributed by atoms with van der Waals surface area (Å²) < 4.78 is 1.22. The van der Waals surface area contributed by atoms with E-state index < -0.39 is 0 Å². The molecule has 2 aromatic rings. The Morgan fingerprint density at radius 1 is 1.43 bits per heavy atom. The first-order chi connectivity index (χ1) is 6.67. The van der Waals surface area contributed by atoms with Gasteiger partial charge in [-0.05, 0) is 31.0 Å². The highest BCUT2D eigenvalue weighted by molar-refractivity contribution is 7.18. The predicted molar refractivity (Wildman–Crippen MR) is 60.6 cm³/mol. The van der Waals surface area contributed by atoms with Gasteiger partial charge in [0.25, 0.3) is 0 Å². The predicted octanol–water partition coefficient (Wildman–Crippen LogP) is 2.93. The van der Waals surface area contributed by atoms with Gasteiger partial charge in [-0.1, -0.05) is 6.92 Å². The summed E-state index contributed by atoms with van der Waals surface area (Å²) in [5.41, 5.74) is 8.03. The van der Waals surface area contributed by atoms with Crippen LogP contribution in [0.1, 0.15) is 24.8 Å². The van der Waals surface area contributed by atoms with E-state index in [0.29, 0.717) is 5.41 Å². The molecule has 72 valence electrons. The van der Waals surface area contributed by atoms with Crippen LogP contribution in [0.5, 0.6) is 0 Å². The Hall–Kier alpha value is -1.09. The minimum absolute atomic E-state index is 0.373. The summed E-state index contributed by atoms with van der Waals surface area (Å²) in [6, 6.07) is 5.94. The second-order valence-corrected chi connectivity index (χ2v) is 5.34. The van der Waals surface area contributed by atoms with Gasteiger partial charge in [0.2, 0.25) is 0 Å². The van der Waals surface area contributed by atoms with Gasteiger partial charge in [0.1, 0.15) is 0 Å². The van der Waals surface area contributed by atoms with Gasteiger partial charge in [-0.2, -0.15) is 0 Å². The number of fused-ring (bicyclic) bond motifs is 1. The monoisotopic (exact) mass is 204 g/mol. The minimum atomic E-state index is 0.373. The fourth-order valence-corrected chi connectivity index (χ4v) is 2.82. The Kier molecular flexibility index (Phi) is 1.46. The highest BCUT2D eigenvalue weighted by Crippen LogP contribution is 2.49. The van der Waals surface area contributed by atoms with E-state index in [2.05, 4.69) is 11.9 Å². The number of thiazole rings is 1.